The summed E-state index contributed by atoms with van der Waals surface area (Å²) in [5.74, 6) is -0.608. The van der Waals surface area contributed by atoms with Crippen molar-refractivity contribution in [2.75, 3.05) is 21.3 Å². The number of ketones is 1. The van der Waals surface area contributed by atoms with Gasteiger partial charge in [-0.1, -0.05) is 23.7 Å². The molecule has 1 N–H and O–H groups in total. The first-order valence-electron chi connectivity index (χ1n) is 11.2. The third kappa shape index (κ3) is 4.42. The van der Waals surface area contributed by atoms with Gasteiger partial charge in [0.25, 0.3) is 5.69 Å². The Balaban J connectivity index is 1.82. The number of carbonyl (C=O) groups is 2. The summed E-state index contributed by atoms with van der Waals surface area (Å²) in [6.07, 6.45) is 0.685. The first kappa shape index (κ1) is 25.2. The van der Waals surface area contributed by atoms with Gasteiger partial charge in [-0.05, 0) is 48.6 Å². The largest absolute Gasteiger partial charge is 0.493 e. The first-order valence-corrected chi connectivity index (χ1v) is 11.6. The van der Waals surface area contributed by atoms with Gasteiger partial charge in [0.05, 0.1) is 31.8 Å². The number of esters is 1. The molecule has 2 aromatic carbocycles. The molecule has 0 saturated heterocycles. The molecule has 1 heterocycles. The number of nitro groups is 1. The molecule has 0 aromatic heterocycles. The molecule has 0 fully saturated rings. The van der Waals surface area contributed by atoms with Crippen LogP contribution in [0.25, 0.3) is 0 Å². The summed E-state index contributed by atoms with van der Waals surface area (Å²) in [4.78, 5) is 37.4. The van der Waals surface area contributed by atoms with Crippen molar-refractivity contribution < 1.29 is 28.7 Å². The topological polar surface area (TPSA) is 117 Å². The lowest BCUT2D eigenvalue weighted by atomic mass is 9.71. The Hall–Kier alpha value is -3.85. The lowest BCUT2D eigenvalue weighted by Gasteiger charge is -2.36. The van der Waals surface area contributed by atoms with Gasteiger partial charge in [-0.15, -0.1) is 0 Å². The summed E-state index contributed by atoms with van der Waals surface area (Å²) in [5, 5.41) is 14.7. The maximum absolute atomic E-state index is 13.6. The summed E-state index contributed by atoms with van der Waals surface area (Å²) < 4.78 is 15.8. The second-order valence-corrected chi connectivity index (χ2v) is 9.00. The fourth-order valence-corrected chi connectivity index (χ4v) is 5.13. The molecule has 4 rings (SSSR count). The second-order valence-electron chi connectivity index (χ2n) is 8.59. The number of Topliss-reactive ketones (excluding diaryl/α,β-unsaturated/α-hetero) is 1. The van der Waals surface area contributed by atoms with E-state index in [2.05, 4.69) is 5.32 Å². The molecule has 0 saturated carbocycles. The van der Waals surface area contributed by atoms with Gasteiger partial charge in [0.1, 0.15) is 5.02 Å². The van der Waals surface area contributed by atoms with E-state index in [9.17, 15) is 19.7 Å². The third-order valence-electron chi connectivity index (χ3n) is 6.61. The highest BCUT2D eigenvalue weighted by Gasteiger charge is 2.42. The predicted molar refractivity (Wildman–Crippen MR) is 132 cm³/mol. The monoisotopic (exact) mass is 512 g/mol. The molecule has 0 bridgehead atoms. The van der Waals surface area contributed by atoms with Gasteiger partial charge in [-0.2, -0.15) is 0 Å². The second kappa shape index (κ2) is 10.0. The highest BCUT2D eigenvalue weighted by molar-refractivity contribution is 6.32. The number of allylic oxidation sites excluding steroid dienone is 3. The molecule has 0 amide bonds. The van der Waals surface area contributed by atoms with Gasteiger partial charge in [-0.3, -0.25) is 14.9 Å². The highest BCUT2D eigenvalue weighted by Crippen LogP contribution is 2.47. The number of dihydropyridines is 1. The number of ether oxygens (including phenoxy) is 3. The number of hydrogen-bond acceptors (Lipinski definition) is 8. The fraction of sp³-hybridized carbons (Fsp3) is 0.308. The van der Waals surface area contributed by atoms with E-state index in [0.717, 1.165) is 5.56 Å². The molecule has 1 aliphatic carbocycles. The van der Waals surface area contributed by atoms with Crippen LogP contribution in [0, 0.1) is 10.1 Å². The molecule has 1 aliphatic heterocycles. The van der Waals surface area contributed by atoms with Crippen molar-refractivity contribution in [3.8, 4) is 11.5 Å². The Morgan fingerprint density at radius 1 is 1.06 bits per heavy atom. The summed E-state index contributed by atoms with van der Waals surface area (Å²) in [6.45, 7) is 1.72. The molecule has 2 aromatic rings. The van der Waals surface area contributed by atoms with E-state index in [-0.39, 0.29) is 34.4 Å². The zero-order valence-electron chi connectivity index (χ0n) is 20.2. The molecule has 0 radical (unpaired) electrons. The van der Waals surface area contributed by atoms with Crippen LogP contribution < -0.4 is 14.8 Å². The number of halogens is 1. The van der Waals surface area contributed by atoms with Gasteiger partial charge in [0, 0.05) is 35.4 Å². The van der Waals surface area contributed by atoms with Crippen LogP contribution in [0.2, 0.25) is 5.02 Å². The van der Waals surface area contributed by atoms with Crippen molar-refractivity contribution in [1.82, 2.24) is 5.32 Å². The Bertz CT molecular complexity index is 1330. The Morgan fingerprint density at radius 2 is 1.75 bits per heavy atom. The normalized spacial score (nSPS) is 19.4. The van der Waals surface area contributed by atoms with E-state index in [1.807, 2.05) is 12.1 Å². The number of carbonyl (C=O) groups excluding carboxylic acids is 2. The minimum atomic E-state index is -0.830. The van der Waals surface area contributed by atoms with Crippen molar-refractivity contribution in [3.63, 3.8) is 0 Å². The van der Waals surface area contributed by atoms with Gasteiger partial charge < -0.3 is 19.5 Å². The standard InChI is InChI=1S/C26H25ClN2O7/c1-13-23(26(31)36-4)24(15-5-7-17(27)19(10-15)29(32)33)25-18(28-13)9-16(11-20(25)30)14-6-8-21(34-2)22(12-14)35-3/h5-8,10,12,16,24,28H,9,11H2,1-4H3/t16-,24-/m1/s1. The van der Waals surface area contributed by atoms with Crippen LogP contribution in [0.15, 0.2) is 58.9 Å². The molecule has 9 nitrogen and oxygen atoms in total. The molecule has 36 heavy (non-hydrogen) atoms. The molecule has 188 valence electrons. The number of rotatable bonds is 6. The van der Waals surface area contributed by atoms with Crippen LogP contribution in [0.3, 0.4) is 0 Å². The van der Waals surface area contributed by atoms with Crippen LogP contribution in [0.5, 0.6) is 11.5 Å². The van der Waals surface area contributed by atoms with E-state index in [1.54, 1.807) is 33.3 Å². The van der Waals surface area contributed by atoms with Crippen LogP contribution in [-0.4, -0.2) is 38.0 Å². The van der Waals surface area contributed by atoms with Crippen molar-refractivity contribution >= 4 is 29.0 Å². The molecule has 10 heteroatoms. The number of methoxy groups -OCH3 is 3. The smallest absolute Gasteiger partial charge is 0.336 e. The molecule has 0 unspecified atom stereocenters. The summed E-state index contributed by atoms with van der Waals surface area (Å²) in [7, 11) is 4.36. The number of nitrogens with one attached hydrogen (secondary N) is 1. The van der Waals surface area contributed by atoms with Gasteiger partial charge in [-0.25, -0.2) is 4.79 Å². The van der Waals surface area contributed by atoms with E-state index in [1.165, 1.54) is 19.2 Å². The van der Waals surface area contributed by atoms with Crippen LogP contribution >= 0.6 is 11.6 Å². The van der Waals surface area contributed by atoms with Crippen LogP contribution in [0.1, 0.15) is 42.7 Å². The maximum Gasteiger partial charge on any atom is 0.336 e. The number of nitro benzene ring substituents is 1. The molecule has 2 atom stereocenters. The summed E-state index contributed by atoms with van der Waals surface area (Å²) in [6, 6.07) is 9.87. The van der Waals surface area contributed by atoms with E-state index >= 15 is 0 Å². The average Bonchev–Trinajstić information content (AvgIpc) is 2.87. The highest BCUT2D eigenvalue weighted by atomic mass is 35.5. The number of benzene rings is 2. The molecule has 0 spiro atoms. The summed E-state index contributed by atoms with van der Waals surface area (Å²) in [5.41, 5.74) is 2.83. The summed E-state index contributed by atoms with van der Waals surface area (Å²) >= 11 is 6.03. The lowest BCUT2D eigenvalue weighted by Crippen LogP contribution is -2.36. The average molecular weight is 513 g/mol. The zero-order valence-corrected chi connectivity index (χ0v) is 21.0. The van der Waals surface area contributed by atoms with Gasteiger partial charge >= 0.3 is 5.97 Å². The lowest BCUT2D eigenvalue weighted by molar-refractivity contribution is -0.384. The Kier molecular flexibility index (Phi) is 7.03. The predicted octanol–water partition coefficient (Wildman–Crippen LogP) is 4.80. The minimum Gasteiger partial charge on any atom is -0.493 e. The number of nitrogens with zero attached hydrogens (tertiary/aromatic N) is 1. The third-order valence-corrected chi connectivity index (χ3v) is 6.93. The maximum atomic E-state index is 13.6. The number of hydrogen-bond donors (Lipinski definition) is 1. The van der Waals surface area contributed by atoms with Crippen molar-refractivity contribution in [1.29, 1.82) is 0 Å². The van der Waals surface area contributed by atoms with Crippen LogP contribution in [-0.2, 0) is 14.3 Å². The van der Waals surface area contributed by atoms with E-state index < -0.39 is 16.8 Å². The Morgan fingerprint density at radius 3 is 2.39 bits per heavy atom. The van der Waals surface area contributed by atoms with Gasteiger partial charge in [0.2, 0.25) is 0 Å². The van der Waals surface area contributed by atoms with Crippen molar-refractivity contribution in [2.24, 2.45) is 0 Å². The van der Waals surface area contributed by atoms with E-state index in [0.29, 0.717) is 40.5 Å². The SMILES string of the molecule is COC(=O)C1=C(C)NC2=C(C(=O)C[C@H](c3ccc(OC)c(OC)c3)C2)[C@@H]1c1ccc(Cl)c([N+](=O)[O-])c1. The van der Waals surface area contributed by atoms with Crippen LogP contribution in [0.4, 0.5) is 5.69 Å². The minimum absolute atomic E-state index is 0.0318. The fourth-order valence-electron chi connectivity index (χ4n) is 4.94. The molecular weight excluding hydrogens is 488 g/mol. The van der Waals surface area contributed by atoms with E-state index in [4.69, 9.17) is 25.8 Å². The molecular formula is C26H25ClN2O7. The molecule has 2 aliphatic rings. The quantitative estimate of drug-likeness (QED) is 0.333. The Labute approximate surface area is 212 Å². The van der Waals surface area contributed by atoms with Gasteiger partial charge in [0.15, 0.2) is 17.3 Å². The van der Waals surface area contributed by atoms with Crippen molar-refractivity contribution in [3.05, 3.63) is 85.2 Å². The van der Waals surface area contributed by atoms with Crippen molar-refractivity contribution in [2.45, 2.75) is 31.6 Å². The zero-order chi connectivity index (χ0) is 26.1. The first-order chi connectivity index (χ1) is 17.2.